The van der Waals surface area contributed by atoms with Gasteiger partial charge in [0, 0.05) is 17.5 Å². The zero-order valence-corrected chi connectivity index (χ0v) is 12.4. The Morgan fingerprint density at radius 2 is 2.12 bits per heavy atom. The van der Waals surface area contributed by atoms with Crippen LogP contribution in [0.15, 0.2) is 12.1 Å². The number of nitrogens with one attached hydrogen (secondary N) is 1. The molecule has 1 unspecified atom stereocenters. The fraction of sp³-hybridized carbons (Fsp3) is 0.692. The van der Waals surface area contributed by atoms with Gasteiger partial charge in [0.05, 0.1) is 15.5 Å². The van der Waals surface area contributed by atoms with Gasteiger partial charge in [-0.05, 0) is 46.2 Å². The van der Waals surface area contributed by atoms with Gasteiger partial charge in [0.15, 0.2) is 0 Å². The fourth-order valence-electron chi connectivity index (χ4n) is 2.55. The van der Waals surface area contributed by atoms with E-state index >= 15 is 0 Å². The Morgan fingerprint density at radius 1 is 1.41 bits per heavy atom. The van der Waals surface area contributed by atoms with E-state index < -0.39 is 0 Å². The summed E-state index contributed by atoms with van der Waals surface area (Å²) in [5.41, 5.74) is -0.140. The van der Waals surface area contributed by atoms with Gasteiger partial charge in [0.1, 0.15) is 0 Å². The maximum Gasteiger partial charge on any atom is 0.0931 e. The molecule has 2 rings (SSSR count). The number of ether oxygens (including phenoxy) is 1. The van der Waals surface area contributed by atoms with Gasteiger partial charge >= 0.3 is 0 Å². The molecule has 1 aliphatic rings. The fourth-order valence-corrected chi connectivity index (χ4v) is 3.59. The lowest BCUT2D eigenvalue weighted by Crippen LogP contribution is -2.42. The third kappa shape index (κ3) is 3.22. The van der Waals surface area contributed by atoms with Crippen LogP contribution in [0.1, 0.15) is 39.0 Å². The third-order valence-electron chi connectivity index (χ3n) is 3.23. The Balaban J connectivity index is 1.95. The molecule has 0 amide bonds. The van der Waals surface area contributed by atoms with Crippen LogP contribution < -0.4 is 5.32 Å². The first-order valence-corrected chi connectivity index (χ1v) is 7.16. The molecule has 17 heavy (non-hydrogen) atoms. The van der Waals surface area contributed by atoms with Crippen LogP contribution in [0.25, 0.3) is 0 Å². The molecule has 1 saturated heterocycles. The predicted molar refractivity (Wildman–Crippen MR) is 73.8 cm³/mol. The monoisotopic (exact) mass is 273 g/mol. The average molecular weight is 274 g/mol. The van der Waals surface area contributed by atoms with Crippen molar-refractivity contribution in [3.05, 3.63) is 21.3 Å². The highest BCUT2D eigenvalue weighted by molar-refractivity contribution is 7.16. The summed E-state index contributed by atoms with van der Waals surface area (Å²) in [5, 5.41) is 3.58. The van der Waals surface area contributed by atoms with Crippen molar-refractivity contribution in [1.29, 1.82) is 0 Å². The maximum atomic E-state index is 6.06. The van der Waals surface area contributed by atoms with Crippen molar-refractivity contribution in [3.8, 4) is 0 Å². The van der Waals surface area contributed by atoms with Crippen molar-refractivity contribution in [2.75, 3.05) is 0 Å². The zero-order valence-electron chi connectivity index (χ0n) is 10.8. The topological polar surface area (TPSA) is 21.3 Å². The highest BCUT2D eigenvalue weighted by Gasteiger charge is 2.45. The van der Waals surface area contributed by atoms with E-state index in [1.165, 1.54) is 4.88 Å². The molecule has 0 saturated carbocycles. The van der Waals surface area contributed by atoms with E-state index in [0.29, 0.717) is 6.04 Å². The van der Waals surface area contributed by atoms with Crippen LogP contribution in [0.3, 0.4) is 0 Å². The zero-order chi connectivity index (χ0) is 12.7. The molecule has 1 aliphatic heterocycles. The Hall–Kier alpha value is -0.0900. The second-order valence-corrected chi connectivity index (χ2v) is 7.61. The molecule has 4 heteroatoms. The highest BCUT2D eigenvalue weighted by atomic mass is 35.5. The van der Waals surface area contributed by atoms with Crippen LogP contribution in [-0.2, 0) is 11.3 Å². The molecule has 1 N–H and O–H groups in total. The van der Waals surface area contributed by atoms with Gasteiger partial charge < -0.3 is 10.1 Å². The van der Waals surface area contributed by atoms with Crippen molar-refractivity contribution in [3.63, 3.8) is 0 Å². The minimum atomic E-state index is -0.107. The minimum Gasteiger partial charge on any atom is -0.368 e. The summed E-state index contributed by atoms with van der Waals surface area (Å²) in [6.45, 7) is 9.48. The Morgan fingerprint density at radius 3 is 2.59 bits per heavy atom. The number of thiophene rings is 1. The van der Waals surface area contributed by atoms with Gasteiger partial charge in [0.25, 0.3) is 0 Å². The van der Waals surface area contributed by atoms with E-state index in [9.17, 15) is 0 Å². The lowest BCUT2D eigenvalue weighted by Gasteiger charge is -2.27. The number of hydrogen-bond acceptors (Lipinski definition) is 3. The molecular weight excluding hydrogens is 254 g/mol. The molecular formula is C13H20ClNOS. The molecule has 0 radical (unpaired) electrons. The molecule has 1 aromatic rings. The lowest BCUT2D eigenvalue weighted by molar-refractivity contribution is -0.0698. The summed E-state index contributed by atoms with van der Waals surface area (Å²) < 4.78 is 6.91. The minimum absolute atomic E-state index is 0.0335. The second-order valence-electron chi connectivity index (χ2n) is 5.81. The summed E-state index contributed by atoms with van der Waals surface area (Å²) in [7, 11) is 0. The van der Waals surface area contributed by atoms with Crippen LogP contribution in [0.4, 0.5) is 0 Å². The number of hydrogen-bond donors (Lipinski definition) is 1. The van der Waals surface area contributed by atoms with Gasteiger partial charge in [-0.1, -0.05) is 11.6 Å². The van der Waals surface area contributed by atoms with Crippen molar-refractivity contribution < 1.29 is 4.74 Å². The Kier molecular flexibility index (Phi) is 3.56. The average Bonchev–Trinajstić information content (AvgIpc) is 2.64. The van der Waals surface area contributed by atoms with E-state index in [4.69, 9.17) is 16.3 Å². The van der Waals surface area contributed by atoms with E-state index in [0.717, 1.165) is 17.3 Å². The van der Waals surface area contributed by atoms with E-state index in [1.807, 2.05) is 6.07 Å². The molecule has 0 aromatic carbocycles. The van der Waals surface area contributed by atoms with E-state index in [2.05, 4.69) is 39.1 Å². The number of halogens is 1. The smallest absolute Gasteiger partial charge is 0.0931 e. The van der Waals surface area contributed by atoms with E-state index in [-0.39, 0.29) is 11.2 Å². The predicted octanol–water partition coefficient (Wildman–Crippen LogP) is 3.84. The van der Waals surface area contributed by atoms with Crippen molar-refractivity contribution in [2.45, 2.75) is 57.9 Å². The Labute approximate surface area is 112 Å². The van der Waals surface area contributed by atoms with E-state index in [1.54, 1.807) is 11.3 Å². The summed E-state index contributed by atoms with van der Waals surface area (Å²) in [5.74, 6) is 0. The normalized spacial score (nSPS) is 26.3. The van der Waals surface area contributed by atoms with Crippen molar-refractivity contribution in [1.82, 2.24) is 5.32 Å². The summed E-state index contributed by atoms with van der Waals surface area (Å²) in [6.07, 6.45) is 1.04. The summed E-state index contributed by atoms with van der Waals surface area (Å²) in [4.78, 5) is 1.27. The SMILES string of the molecule is CC1(C)CC(NCc2ccc(Cl)s2)C(C)(C)O1. The maximum absolute atomic E-state index is 6.06. The van der Waals surface area contributed by atoms with Gasteiger partial charge in [-0.25, -0.2) is 0 Å². The standard InChI is InChI=1S/C13H20ClNOS/c1-12(2)7-10(13(3,4)16-12)15-8-9-5-6-11(14)17-9/h5-6,10,15H,7-8H2,1-4H3. The largest absolute Gasteiger partial charge is 0.368 e. The van der Waals surface area contributed by atoms with Crippen molar-refractivity contribution in [2.24, 2.45) is 0 Å². The van der Waals surface area contributed by atoms with Crippen LogP contribution >= 0.6 is 22.9 Å². The van der Waals surface area contributed by atoms with Crippen LogP contribution in [-0.4, -0.2) is 17.2 Å². The summed E-state index contributed by atoms with van der Waals surface area (Å²) >= 11 is 7.56. The van der Waals surface area contributed by atoms with Gasteiger partial charge in [-0.2, -0.15) is 0 Å². The highest BCUT2D eigenvalue weighted by Crippen LogP contribution is 2.37. The first-order chi connectivity index (χ1) is 7.78. The molecule has 1 atom stereocenters. The summed E-state index contributed by atoms with van der Waals surface area (Å²) in [6, 6.07) is 4.41. The molecule has 0 aliphatic carbocycles. The first-order valence-electron chi connectivity index (χ1n) is 5.96. The lowest BCUT2D eigenvalue weighted by atomic mass is 9.94. The molecule has 2 nitrogen and oxygen atoms in total. The van der Waals surface area contributed by atoms with Gasteiger partial charge in [-0.3, -0.25) is 0 Å². The molecule has 0 spiro atoms. The van der Waals surface area contributed by atoms with Crippen molar-refractivity contribution >= 4 is 22.9 Å². The van der Waals surface area contributed by atoms with Crippen LogP contribution in [0.5, 0.6) is 0 Å². The Bertz CT molecular complexity index is 400. The third-order valence-corrected chi connectivity index (χ3v) is 4.46. The molecule has 0 bridgehead atoms. The van der Waals surface area contributed by atoms with Gasteiger partial charge in [-0.15, -0.1) is 11.3 Å². The molecule has 1 aromatic heterocycles. The van der Waals surface area contributed by atoms with Gasteiger partial charge in [0.2, 0.25) is 0 Å². The quantitative estimate of drug-likeness (QED) is 0.904. The molecule has 96 valence electrons. The molecule has 2 heterocycles. The molecule has 1 fully saturated rings. The first kappa shape index (κ1) is 13.3. The van der Waals surface area contributed by atoms with Crippen LogP contribution in [0, 0.1) is 0 Å². The van der Waals surface area contributed by atoms with Crippen LogP contribution in [0.2, 0.25) is 4.34 Å². The number of rotatable bonds is 3. The second kappa shape index (κ2) is 4.54.